The molecule has 0 bridgehead atoms. The lowest BCUT2D eigenvalue weighted by Gasteiger charge is -2.37. The second-order valence-electron chi connectivity index (χ2n) is 12.5. The highest BCUT2D eigenvalue weighted by Crippen LogP contribution is 2.35. The van der Waals surface area contributed by atoms with Crippen molar-refractivity contribution in [2.75, 3.05) is 53.7 Å². The van der Waals surface area contributed by atoms with Crippen molar-refractivity contribution in [2.24, 2.45) is 7.05 Å². The smallest absolute Gasteiger partial charge is 0.274 e. The minimum absolute atomic E-state index is 0.0966. The average Bonchev–Trinajstić information content (AvgIpc) is 3.03. The Hall–Kier alpha value is -4.67. The van der Waals surface area contributed by atoms with Crippen LogP contribution in [0.3, 0.4) is 0 Å². The van der Waals surface area contributed by atoms with Crippen LogP contribution in [0.25, 0.3) is 11.1 Å². The SMILES string of the molecule is CN(C)c1ccc2c(c1)CCN(c1cccc(-c3cc(Nc4ccc(N5CCC(C)(O)CC5)cn4)c(=O)n(C)c3)c1CO)C2=O. The third kappa shape index (κ3) is 6.03. The first kappa shape index (κ1) is 30.4. The molecule has 1 saturated heterocycles. The number of aromatic nitrogens is 2. The van der Waals surface area contributed by atoms with Crippen LogP contribution in [0, 0.1) is 0 Å². The molecule has 0 radical (unpaired) electrons. The van der Waals surface area contributed by atoms with E-state index in [0.717, 1.165) is 41.2 Å². The minimum atomic E-state index is -0.628. The van der Waals surface area contributed by atoms with Crippen molar-refractivity contribution in [1.82, 2.24) is 9.55 Å². The molecule has 4 aromatic rings. The second-order valence-corrected chi connectivity index (χ2v) is 12.5. The molecule has 10 heteroatoms. The van der Waals surface area contributed by atoms with Gasteiger partial charge in [0.05, 0.1) is 29.8 Å². The number of aliphatic hydroxyl groups excluding tert-OH is 1. The highest BCUT2D eigenvalue weighted by molar-refractivity contribution is 6.09. The Bertz CT molecular complexity index is 1790. The van der Waals surface area contributed by atoms with Gasteiger partial charge in [-0.2, -0.15) is 0 Å². The fourth-order valence-electron chi connectivity index (χ4n) is 6.23. The number of aliphatic hydroxyl groups is 2. The van der Waals surface area contributed by atoms with E-state index >= 15 is 0 Å². The molecule has 2 aromatic carbocycles. The van der Waals surface area contributed by atoms with E-state index < -0.39 is 5.60 Å². The number of amides is 1. The number of carbonyl (C=O) groups is 1. The number of fused-ring (bicyclic) bond motifs is 1. The lowest BCUT2D eigenvalue weighted by atomic mass is 9.94. The van der Waals surface area contributed by atoms with Crippen LogP contribution < -0.4 is 25.6 Å². The number of nitrogens with one attached hydrogen (secondary N) is 1. The van der Waals surface area contributed by atoms with Gasteiger partial charge in [-0.05, 0) is 79.8 Å². The molecule has 0 atom stereocenters. The number of benzene rings is 2. The lowest BCUT2D eigenvalue weighted by molar-refractivity contribution is 0.0351. The summed E-state index contributed by atoms with van der Waals surface area (Å²) >= 11 is 0. The Balaban J connectivity index is 1.28. The second kappa shape index (κ2) is 12.0. The normalized spacial score (nSPS) is 16.0. The van der Waals surface area contributed by atoms with E-state index in [1.807, 2.05) is 68.4 Å². The van der Waals surface area contributed by atoms with Crippen LogP contribution in [-0.4, -0.2) is 65.0 Å². The van der Waals surface area contributed by atoms with Crippen molar-refractivity contribution in [3.8, 4) is 11.1 Å². The molecule has 2 aromatic heterocycles. The summed E-state index contributed by atoms with van der Waals surface area (Å²) in [7, 11) is 5.65. The van der Waals surface area contributed by atoms with Crippen molar-refractivity contribution in [1.29, 1.82) is 0 Å². The summed E-state index contributed by atoms with van der Waals surface area (Å²) < 4.78 is 1.50. The van der Waals surface area contributed by atoms with Gasteiger partial charge in [0.15, 0.2) is 0 Å². The summed E-state index contributed by atoms with van der Waals surface area (Å²) in [5.41, 5.74) is 5.94. The highest BCUT2D eigenvalue weighted by atomic mass is 16.3. The Morgan fingerprint density at radius 1 is 1.00 bits per heavy atom. The quantitative estimate of drug-likeness (QED) is 0.285. The van der Waals surface area contributed by atoms with Gasteiger partial charge in [-0.3, -0.25) is 9.59 Å². The molecular weight excluding hydrogens is 568 g/mol. The van der Waals surface area contributed by atoms with E-state index in [1.165, 1.54) is 4.57 Å². The number of pyridine rings is 2. The largest absolute Gasteiger partial charge is 0.392 e. The number of aryl methyl sites for hydroxylation is 1. The number of anilines is 5. The molecule has 0 unspecified atom stereocenters. The van der Waals surface area contributed by atoms with Gasteiger partial charge >= 0.3 is 0 Å². The Kier molecular flexibility index (Phi) is 8.11. The molecule has 0 saturated carbocycles. The standard InChI is InChI=1S/C35H40N6O4/c1-35(45)13-16-40(17-14-35)26-9-11-32(36-20-26)37-30-19-24(21-39(4)34(30)44)27-6-5-7-31(29(27)22-42)41-15-12-23-18-25(38(2)3)8-10-28(23)33(41)43/h5-11,18-21,42,45H,12-17,22H2,1-4H3,(H,36,37). The van der Waals surface area contributed by atoms with Crippen LogP contribution in [0.2, 0.25) is 0 Å². The van der Waals surface area contributed by atoms with Gasteiger partial charge in [0.25, 0.3) is 11.5 Å². The zero-order valence-electron chi connectivity index (χ0n) is 26.2. The van der Waals surface area contributed by atoms with Crippen LogP contribution in [0.5, 0.6) is 0 Å². The fraction of sp³-hybridized carbons (Fsp3) is 0.343. The minimum Gasteiger partial charge on any atom is -0.392 e. The zero-order chi connectivity index (χ0) is 31.9. The van der Waals surface area contributed by atoms with Gasteiger partial charge in [0.1, 0.15) is 11.5 Å². The topological polar surface area (TPSA) is 114 Å². The third-order valence-corrected chi connectivity index (χ3v) is 9.00. The van der Waals surface area contributed by atoms with E-state index in [-0.39, 0.29) is 18.1 Å². The first-order valence-electron chi connectivity index (χ1n) is 15.3. The van der Waals surface area contributed by atoms with Crippen molar-refractivity contribution >= 4 is 34.5 Å². The first-order chi connectivity index (χ1) is 21.5. The van der Waals surface area contributed by atoms with E-state index in [9.17, 15) is 19.8 Å². The van der Waals surface area contributed by atoms with Gasteiger partial charge < -0.3 is 34.8 Å². The molecular formula is C35H40N6O4. The molecule has 1 amide bonds. The number of nitrogens with zero attached hydrogens (tertiary/aromatic N) is 5. The van der Waals surface area contributed by atoms with Crippen molar-refractivity contribution in [3.63, 3.8) is 0 Å². The third-order valence-electron chi connectivity index (χ3n) is 9.00. The van der Waals surface area contributed by atoms with Gasteiger partial charge in [-0.1, -0.05) is 12.1 Å². The van der Waals surface area contributed by atoms with E-state index in [0.29, 0.717) is 54.1 Å². The summed E-state index contributed by atoms with van der Waals surface area (Å²) in [6.45, 7) is 3.60. The molecule has 45 heavy (non-hydrogen) atoms. The Morgan fingerprint density at radius 2 is 1.78 bits per heavy atom. The monoisotopic (exact) mass is 608 g/mol. The molecule has 4 heterocycles. The summed E-state index contributed by atoms with van der Waals surface area (Å²) in [6, 6.07) is 17.1. The van der Waals surface area contributed by atoms with Crippen LogP contribution >= 0.6 is 0 Å². The van der Waals surface area contributed by atoms with Gasteiger partial charge in [-0.15, -0.1) is 0 Å². The number of piperidine rings is 1. The summed E-state index contributed by atoms with van der Waals surface area (Å²) in [5, 5.41) is 24.1. The molecule has 1 fully saturated rings. The molecule has 0 spiro atoms. The highest BCUT2D eigenvalue weighted by Gasteiger charge is 2.29. The number of rotatable bonds is 7. The van der Waals surface area contributed by atoms with Crippen molar-refractivity contribution in [3.05, 3.63) is 94.0 Å². The van der Waals surface area contributed by atoms with Crippen LogP contribution in [0.1, 0.15) is 41.3 Å². The van der Waals surface area contributed by atoms with E-state index in [1.54, 1.807) is 30.4 Å². The van der Waals surface area contributed by atoms with E-state index in [2.05, 4.69) is 21.3 Å². The van der Waals surface area contributed by atoms with Crippen molar-refractivity contribution < 1.29 is 15.0 Å². The van der Waals surface area contributed by atoms with Crippen LogP contribution in [0.15, 0.2) is 71.8 Å². The maximum Gasteiger partial charge on any atom is 0.274 e. The van der Waals surface area contributed by atoms with E-state index in [4.69, 9.17) is 0 Å². The predicted octanol–water partition coefficient (Wildman–Crippen LogP) is 4.30. The van der Waals surface area contributed by atoms with Gasteiger partial charge in [-0.25, -0.2) is 4.98 Å². The first-order valence-corrected chi connectivity index (χ1v) is 15.3. The van der Waals surface area contributed by atoms with Crippen LogP contribution in [-0.2, 0) is 20.1 Å². The number of hydrogen-bond acceptors (Lipinski definition) is 8. The number of hydrogen-bond donors (Lipinski definition) is 3. The summed E-state index contributed by atoms with van der Waals surface area (Å²) in [5.74, 6) is 0.434. The maximum absolute atomic E-state index is 13.7. The molecule has 6 rings (SSSR count). The fourth-order valence-corrected chi connectivity index (χ4v) is 6.23. The van der Waals surface area contributed by atoms with Gasteiger partial charge in [0, 0.05) is 69.4 Å². The predicted molar refractivity (Wildman–Crippen MR) is 179 cm³/mol. The Morgan fingerprint density at radius 3 is 2.47 bits per heavy atom. The van der Waals surface area contributed by atoms with Crippen molar-refractivity contribution in [2.45, 2.75) is 38.4 Å². The lowest BCUT2D eigenvalue weighted by Crippen LogP contribution is -2.42. The molecule has 234 valence electrons. The molecule has 3 N–H and O–H groups in total. The average molecular weight is 609 g/mol. The molecule has 2 aliphatic rings. The number of carbonyl (C=O) groups excluding carboxylic acids is 1. The Labute approximate surface area is 263 Å². The summed E-state index contributed by atoms with van der Waals surface area (Å²) in [4.78, 5) is 37.4. The molecule has 10 nitrogen and oxygen atoms in total. The molecule has 2 aliphatic heterocycles. The zero-order valence-corrected chi connectivity index (χ0v) is 26.2. The molecule has 0 aliphatic carbocycles. The summed E-state index contributed by atoms with van der Waals surface area (Å²) in [6.07, 6.45) is 5.62. The maximum atomic E-state index is 13.7. The van der Waals surface area contributed by atoms with Crippen LogP contribution in [0.4, 0.5) is 28.6 Å². The van der Waals surface area contributed by atoms with Gasteiger partial charge in [0.2, 0.25) is 0 Å².